The summed E-state index contributed by atoms with van der Waals surface area (Å²) in [4.78, 5) is 0.288. The molecule has 2 rings (SSSR count). The zero-order valence-electron chi connectivity index (χ0n) is 11.8. The van der Waals surface area contributed by atoms with Crippen LogP contribution < -0.4 is 10.0 Å². The van der Waals surface area contributed by atoms with E-state index in [1.54, 1.807) is 18.2 Å². The van der Waals surface area contributed by atoms with Gasteiger partial charge in [0, 0.05) is 17.6 Å². The van der Waals surface area contributed by atoms with Crippen LogP contribution in [-0.4, -0.2) is 21.0 Å². The Morgan fingerprint density at radius 2 is 2.10 bits per heavy atom. The Bertz CT molecular complexity index is 575. The van der Waals surface area contributed by atoms with Crippen LogP contribution in [0.3, 0.4) is 0 Å². The molecule has 0 spiro atoms. The molecule has 0 radical (unpaired) electrons. The molecule has 4 nitrogen and oxygen atoms in total. The van der Waals surface area contributed by atoms with E-state index in [0.29, 0.717) is 17.5 Å². The largest absolute Gasteiger partial charge is 0.313 e. The minimum Gasteiger partial charge on any atom is -0.313 e. The summed E-state index contributed by atoms with van der Waals surface area (Å²) in [7, 11) is -3.44. The Balaban J connectivity index is 2.14. The molecule has 0 aromatic heterocycles. The molecule has 2 atom stereocenters. The zero-order valence-corrected chi connectivity index (χ0v) is 13.4. The van der Waals surface area contributed by atoms with E-state index >= 15 is 0 Å². The van der Waals surface area contributed by atoms with Crippen molar-refractivity contribution in [3.63, 3.8) is 0 Å². The third-order valence-electron chi connectivity index (χ3n) is 3.65. The maximum Gasteiger partial charge on any atom is 0.240 e. The Kier molecular flexibility index (Phi) is 5.07. The van der Waals surface area contributed by atoms with Gasteiger partial charge >= 0.3 is 0 Å². The Labute approximate surface area is 126 Å². The molecule has 1 aromatic carbocycles. The van der Waals surface area contributed by atoms with Crippen LogP contribution in [0, 0.1) is 5.92 Å². The fraction of sp³-hybridized carbons (Fsp3) is 0.571. The van der Waals surface area contributed by atoms with Crippen LogP contribution >= 0.6 is 11.6 Å². The molecular formula is C14H21ClN2O2S. The van der Waals surface area contributed by atoms with Gasteiger partial charge in [0.15, 0.2) is 0 Å². The highest BCUT2D eigenvalue weighted by Gasteiger charge is 2.38. The van der Waals surface area contributed by atoms with Crippen molar-refractivity contribution in [1.29, 1.82) is 0 Å². The summed E-state index contributed by atoms with van der Waals surface area (Å²) in [6.07, 6.45) is 1.95. The molecule has 2 unspecified atom stereocenters. The van der Waals surface area contributed by atoms with E-state index in [2.05, 4.69) is 17.0 Å². The standard InChI is InChI=1S/C14H21ClN2O2S/c1-3-10-8-14(10)17-20(18,19)12-5-6-13(15)11(7-12)9-16-4-2/h5-7,10,14,16-17H,3-4,8-9H2,1-2H3. The summed E-state index contributed by atoms with van der Waals surface area (Å²) in [5, 5.41) is 3.74. The van der Waals surface area contributed by atoms with Crippen molar-refractivity contribution in [1.82, 2.24) is 10.0 Å². The van der Waals surface area contributed by atoms with Gasteiger partial charge in [0.1, 0.15) is 0 Å². The Morgan fingerprint density at radius 1 is 1.35 bits per heavy atom. The van der Waals surface area contributed by atoms with Gasteiger partial charge in [0.25, 0.3) is 0 Å². The fourth-order valence-electron chi connectivity index (χ4n) is 2.22. The lowest BCUT2D eigenvalue weighted by Crippen LogP contribution is -2.27. The van der Waals surface area contributed by atoms with Gasteiger partial charge in [-0.05, 0) is 42.6 Å². The highest BCUT2D eigenvalue weighted by molar-refractivity contribution is 7.89. The summed E-state index contributed by atoms with van der Waals surface area (Å²) in [5.74, 6) is 0.485. The normalized spacial score (nSPS) is 21.9. The Hall–Kier alpha value is -0.620. The molecule has 1 fully saturated rings. The fourth-order valence-corrected chi connectivity index (χ4v) is 3.78. The molecule has 0 heterocycles. The van der Waals surface area contributed by atoms with Crippen molar-refractivity contribution in [2.75, 3.05) is 6.54 Å². The SMILES string of the molecule is CCNCc1cc(S(=O)(=O)NC2CC2CC)ccc1Cl. The molecule has 1 aromatic rings. The quantitative estimate of drug-likeness (QED) is 0.812. The van der Waals surface area contributed by atoms with Crippen molar-refractivity contribution in [3.05, 3.63) is 28.8 Å². The van der Waals surface area contributed by atoms with Crippen LogP contribution in [0.15, 0.2) is 23.1 Å². The average Bonchev–Trinajstić information content (AvgIpc) is 3.15. The summed E-state index contributed by atoms with van der Waals surface area (Å²) in [6, 6.07) is 4.95. The van der Waals surface area contributed by atoms with Gasteiger partial charge in [-0.3, -0.25) is 0 Å². The van der Waals surface area contributed by atoms with Crippen molar-refractivity contribution < 1.29 is 8.42 Å². The van der Waals surface area contributed by atoms with E-state index in [9.17, 15) is 8.42 Å². The van der Waals surface area contributed by atoms with Crippen LogP contribution in [0.5, 0.6) is 0 Å². The summed E-state index contributed by atoms with van der Waals surface area (Å²) in [5.41, 5.74) is 0.805. The van der Waals surface area contributed by atoms with Crippen LogP contribution in [0.4, 0.5) is 0 Å². The first kappa shape index (κ1) is 15.8. The molecule has 1 saturated carbocycles. The minimum atomic E-state index is -3.44. The smallest absolute Gasteiger partial charge is 0.240 e. The van der Waals surface area contributed by atoms with Gasteiger partial charge in [-0.1, -0.05) is 31.9 Å². The van der Waals surface area contributed by atoms with Gasteiger partial charge in [0.05, 0.1) is 4.90 Å². The summed E-state index contributed by atoms with van der Waals surface area (Å²) < 4.78 is 27.4. The first-order chi connectivity index (χ1) is 9.47. The predicted octanol–water partition coefficient (Wildman–Crippen LogP) is 2.53. The number of rotatable bonds is 7. The van der Waals surface area contributed by atoms with Gasteiger partial charge in [-0.25, -0.2) is 13.1 Å². The molecular weight excluding hydrogens is 296 g/mol. The molecule has 0 bridgehead atoms. The summed E-state index contributed by atoms with van der Waals surface area (Å²) >= 11 is 6.09. The summed E-state index contributed by atoms with van der Waals surface area (Å²) in [6.45, 7) is 5.45. The van der Waals surface area contributed by atoms with Crippen LogP contribution in [0.2, 0.25) is 5.02 Å². The van der Waals surface area contributed by atoms with Crippen molar-refractivity contribution in [2.24, 2.45) is 5.92 Å². The highest BCUT2D eigenvalue weighted by atomic mass is 35.5. The van der Waals surface area contributed by atoms with Gasteiger partial charge < -0.3 is 5.32 Å². The van der Waals surface area contributed by atoms with Crippen molar-refractivity contribution in [2.45, 2.75) is 44.2 Å². The third-order valence-corrected chi connectivity index (χ3v) is 5.50. The average molecular weight is 317 g/mol. The Morgan fingerprint density at radius 3 is 2.70 bits per heavy atom. The predicted molar refractivity (Wildman–Crippen MR) is 81.3 cm³/mol. The molecule has 1 aliphatic rings. The van der Waals surface area contributed by atoms with Crippen LogP contribution in [0.25, 0.3) is 0 Å². The minimum absolute atomic E-state index is 0.0953. The van der Waals surface area contributed by atoms with E-state index in [1.165, 1.54) is 0 Å². The lowest BCUT2D eigenvalue weighted by Gasteiger charge is -2.10. The highest BCUT2D eigenvalue weighted by Crippen LogP contribution is 2.34. The molecule has 112 valence electrons. The van der Waals surface area contributed by atoms with Gasteiger partial charge in [-0.2, -0.15) is 0 Å². The third kappa shape index (κ3) is 3.73. The number of halogens is 1. The van der Waals surface area contributed by atoms with Crippen LogP contribution in [-0.2, 0) is 16.6 Å². The van der Waals surface area contributed by atoms with E-state index in [4.69, 9.17) is 11.6 Å². The van der Waals surface area contributed by atoms with E-state index in [0.717, 1.165) is 24.9 Å². The maximum atomic E-state index is 12.3. The number of hydrogen-bond donors (Lipinski definition) is 2. The van der Waals surface area contributed by atoms with E-state index in [-0.39, 0.29) is 10.9 Å². The first-order valence-electron chi connectivity index (χ1n) is 6.99. The van der Waals surface area contributed by atoms with Crippen LogP contribution in [0.1, 0.15) is 32.3 Å². The molecule has 20 heavy (non-hydrogen) atoms. The topological polar surface area (TPSA) is 58.2 Å². The van der Waals surface area contributed by atoms with E-state index < -0.39 is 10.0 Å². The second-order valence-corrected chi connectivity index (χ2v) is 7.29. The molecule has 0 amide bonds. The van der Waals surface area contributed by atoms with Gasteiger partial charge in [-0.15, -0.1) is 0 Å². The molecule has 2 N–H and O–H groups in total. The second kappa shape index (κ2) is 6.43. The second-order valence-electron chi connectivity index (χ2n) is 5.17. The monoisotopic (exact) mass is 316 g/mol. The number of hydrogen-bond acceptors (Lipinski definition) is 3. The number of nitrogens with one attached hydrogen (secondary N) is 2. The maximum absolute atomic E-state index is 12.3. The van der Waals surface area contributed by atoms with Gasteiger partial charge in [0.2, 0.25) is 10.0 Å². The molecule has 0 aliphatic heterocycles. The van der Waals surface area contributed by atoms with E-state index in [1.807, 2.05) is 6.92 Å². The number of sulfonamides is 1. The van der Waals surface area contributed by atoms with Crippen molar-refractivity contribution in [3.8, 4) is 0 Å². The molecule has 1 aliphatic carbocycles. The molecule has 0 saturated heterocycles. The van der Waals surface area contributed by atoms with Crippen molar-refractivity contribution >= 4 is 21.6 Å². The zero-order chi connectivity index (χ0) is 14.8. The first-order valence-corrected chi connectivity index (χ1v) is 8.85. The molecule has 6 heteroatoms. The lowest BCUT2D eigenvalue weighted by molar-refractivity contribution is 0.575. The number of benzene rings is 1. The lowest BCUT2D eigenvalue weighted by atomic mass is 10.2.